The maximum atomic E-state index is 12.2. The fraction of sp³-hybridized carbons (Fsp3) is 0.571. The van der Waals surface area contributed by atoms with E-state index in [0.717, 1.165) is 6.42 Å². The smallest absolute Gasteiger partial charge is 0.240 e. The molecule has 5 nitrogen and oxygen atoms in total. The number of aliphatic hydroxyl groups excluding tert-OH is 1. The number of aliphatic hydroxyl groups is 1. The fourth-order valence-electron chi connectivity index (χ4n) is 1.89. The third-order valence-electron chi connectivity index (χ3n) is 3.52. The SMILES string of the molecule is CC1(C)CC1NS(=O)(=O)c1ccc(OCCCO)cc1. The molecule has 6 heteroatoms. The van der Waals surface area contributed by atoms with Gasteiger partial charge in [-0.25, -0.2) is 13.1 Å². The molecule has 0 spiro atoms. The van der Waals surface area contributed by atoms with Crippen LogP contribution in [0.2, 0.25) is 0 Å². The first kappa shape index (κ1) is 15.3. The summed E-state index contributed by atoms with van der Waals surface area (Å²) in [7, 11) is -3.46. The van der Waals surface area contributed by atoms with Crippen molar-refractivity contribution in [2.75, 3.05) is 13.2 Å². The van der Waals surface area contributed by atoms with Crippen LogP contribution in [0.25, 0.3) is 0 Å². The minimum atomic E-state index is -3.46. The van der Waals surface area contributed by atoms with Crippen LogP contribution < -0.4 is 9.46 Å². The minimum absolute atomic E-state index is 0.0213. The van der Waals surface area contributed by atoms with Crippen LogP contribution in [0.15, 0.2) is 29.2 Å². The second-order valence-corrected chi connectivity index (χ2v) is 7.48. The average molecular weight is 299 g/mol. The van der Waals surface area contributed by atoms with E-state index < -0.39 is 10.0 Å². The number of benzene rings is 1. The van der Waals surface area contributed by atoms with Crippen LogP contribution >= 0.6 is 0 Å². The van der Waals surface area contributed by atoms with Gasteiger partial charge in [0.2, 0.25) is 10.0 Å². The average Bonchev–Trinajstić information content (AvgIpc) is 2.96. The standard InChI is InChI=1S/C14H21NO4S/c1-14(2)10-13(14)15-20(17,18)12-6-4-11(5-7-12)19-9-3-8-16/h4-7,13,15-16H,3,8-10H2,1-2H3. The Kier molecular flexibility index (Phi) is 4.36. The first-order valence-electron chi connectivity index (χ1n) is 6.71. The lowest BCUT2D eigenvalue weighted by atomic mass is 10.2. The van der Waals surface area contributed by atoms with E-state index in [-0.39, 0.29) is 23.0 Å². The monoisotopic (exact) mass is 299 g/mol. The van der Waals surface area contributed by atoms with Crippen LogP contribution in [0.3, 0.4) is 0 Å². The Morgan fingerprint density at radius 1 is 1.35 bits per heavy atom. The molecule has 112 valence electrons. The predicted molar refractivity (Wildman–Crippen MR) is 76.1 cm³/mol. The van der Waals surface area contributed by atoms with Gasteiger partial charge >= 0.3 is 0 Å². The van der Waals surface area contributed by atoms with E-state index in [1.807, 2.05) is 13.8 Å². The molecule has 1 unspecified atom stereocenters. The van der Waals surface area contributed by atoms with Crippen LogP contribution in [0.4, 0.5) is 0 Å². The molecule has 1 aliphatic carbocycles. The maximum Gasteiger partial charge on any atom is 0.240 e. The van der Waals surface area contributed by atoms with E-state index in [1.165, 1.54) is 12.1 Å². The highest BCUT2D eigenvalue weighted by molar-refractivity contribution is 7.89. The molecular formula is C14H21NO4S. The van der Waals surface area contributed by atoms with Gasteiger partial charge in [0.25, 0.3) is 0 Å². The van der Waals surface area contributed by atoms with Crippen LogP contribution in [0.1, 0.15) is 26.7 Å². The van der Waals surface area contributed by atoms with Crippen molar-refractivity contribution >= 4 is 10.0 Å². The number of hydrogen-bond acceptors (Lipinski definition) is 4. The van der Waals surface area contributed by atoms with Gasteiger partial charge in [0.1, 0.15) is 5.75 Å². The van der Waals surface area contributed by atoms with Gasteiger partial charge in [-0.1, -0.05) is 13.8 Å². The summed E-state index contributed by atoms with van der Waals surface area (Å²) in [6.07, 6.45) is 1.42. The van der Waals surface area contributed by atoms with Crippen LogP contribution in [0, 0.1) is 5.41 Å². The molecule has 1 aromatic rings. The third kappa shape index (κ3) is 3.71. The summed E-state index contributed by atoms with van der Waals surface area (Å²) in [6.45, 7) is 4.57. The van der Waals surface area contributed by atoms with Gasteiger partial charge in [-0.05, 0) is 36.1 Å². The molecule has 0 heterocycles. The summed E-state index contributed by atoms with van der Waals surface area (Å²) in [6, 6.07) is 6.35. The van der Waals surface area contributed by atoms with E-state index in [0.29, 0.717) is 18.8 Å². The molecule has 2 N–H and O–H groups in total. The summed E-state index contributed by atoms with van der Waals surface area (Å²) >= 11 is 0. The van der Waals surface area contributed by atoms with Crippen molar-refractivity contribution in [3.63, 3.8) is 0 Å². The first-order valence-corrected chi connectivity index (χ1v) is 8.19. The number of nitrogens with one attached hydrogen (secondary N) is 1. The highest BCUT2D eigenvalue weighted by Gasteiger charge is 2.47. The van der Waals surface area contributed by atoms with E-state index in [4.69, 9.17) is 9.84 Å². The molecule has 0 saturated heterocycles. The number of hydrogen-bond donors (Lipinski definition) is 2. The second kappa shape index (κ2) is 5.71. The Balaban J connectivity index is 1.98. The van der Waals surface area contributed by atoms with E-state index in [2.05, 4.69) is 4.72 Å². The van der Waals surface area contributed by atoms with Crippen LogP contribution in [0.5, 0.6) is 5.75 Å². The zero-order chi connectivity index (χ0) is 14.8. The molecule has 0 aliphatic heterocycles. The zero-order valence-corrected chi connectivity index (χ0v) is 12.6. The highest BCUT2D eigenvalue weighted by Crippen LogP contribution is 2.45. The molecule has 1 aromatic carbocycles. The highest BCUT2D eigenvalue weighted by atomic mass is 32.2. The molecule has 1 atom stereocenters. The van der Waals surface area contributed by atoms with Gasteiger partial charge in [0.15, 0.2) is 0 Å². The van der Waals surface area contributed by atoms with E-state index in [9.17, 15) is 8.42 Å². The Bertz CT molecular complexity index is 551. The molecule has 0 amide bonds. The summed E-state index contributed by atoms with van der Waals surface area (Å²) in [5, 5.41) is 8.66. The van der Waals surface area contributed by atoms with Crippen LogP contribution in [-0.4, -0.2) is 32.8 Å². The van der Waals surface area contributed by atoms with Gasteiger partial charge < -0.3 is 9.84 Å². The van der Waals surface area contributed by atoms with Gasteiger partial charge in [-0.2, -0.15) is 0 Å². The minimum Gasteiger partial charge on any atom is -0.494 e. The lowest BCUT2D eigenvalue weighted by Crippen LogP contribution is -2.28. The normalized spacial score (nSPS) is 20.6. The molecule has 0 bridgehead atoms. The molecular weight excluding hydrogens is 278 g/mol. The Hall–Kier alpha value is -1.11. The van der Waals surface area contributed by atoms with Crippen LogP contribution in [-0.2, 0) is 10.0 Å². The van der Waals surface area contributed by atoms with Gasteiger partial charge in [0.05, 0.1) is 11.5 Å². The molecule has 1 fully saturated rings. The zero-order valence-electron chi connectivity index (χ0n) is 11.8. The Morgan fingerprint density at radius 3 is 2.45 bits per heavy atom. The van der Waals surface area contributed by atoms with Crippen molar-refractivity contribution in [2.24, 2.45) is 5.41 Å². The van der Waals surface area contributed by atoms with Crippen molar-refractivity contribution in [1.82, 2.24) is 4.72 Å². The number of ether oxygens (including phenoxy) is 1. The predicted octanol–water partition coefficient (Wildman–Crippen LogP) is 1.52. The molecule has 1 aliphatic rings. The molecule has 0 radical (unpaired) electrons. The molecule has 0 aromatic heterocycles. The van der Waals surface area contributed by atoms with Gasteiger partial charge in [-0.15, -0.1) is 0 Å². The van der Waals surface area contributed by atoms with Crippen molar-refractivity contribution < 1.29 is 18.3 Å². The van der Waals surface area contributed by atoms with Crippen molar-refractivity contribution in [2.45, 2.75) is 37.6 Å². The number of rotatable bonds is 7. The Morgan fingerprint density at radius 2 is 1.95 bits per heavy atom. The Labute approximate surface area is 120 Å². The topological polar surface area (TPSA) is 75.6 Å². The molecule has 20 heavy (non-hydrogen) atoms. The second-order valence-electron chi connectivity index (χ2n) is 5.76. The quantitative estimate of drug-likeness (QED) is 0.749. The van der Waals surface area contributed by atoms with E-state index >= 15 is 0 Å². The maximum absolute atomic E-state index is 12.2. The largest absolute Gasteiger partial charge is 0.494 e. The summed E-state index contributed by atoms with van der Waals surface area (Å²) in [5.74, 6) is 0.601. The van der Waals surface area contributed by atoms with Gasteiger partial charge in [0, 0.05) is 19.1 Å². The first-order chi connectivity index (χ1) is 9.35. The fourth-order valence-corrected chi connectivity index (χ4v) is 3.30. The lowest BCUT2D eigenvalue weighted by molar-refractivity contribution is 0.233. The molecule has 2 rings (SSSR count). The number of sulfonamides is 1. The van der Waals surface area contributed by atoms with Crippen molar-refractivity contribution in [3.8, 4) is 5.75 Å². The summed E-state index contributed by atoms with van der Waals surface area (Å²) in [4.78, 5) is 0.245. The van der Waals surface area contributed by atoms with Crippen molar-refractivity contribution in [3.05, 3.63) is 24.3 Å². The van der Waals surface area contributed by atoms with Crippen molar-refractivity contribution in [1.29, 1.82) is 0 Å². The molecule has 1 saturated carbocycles. The van der Waals surface area contributed by atoms with E-state index in [1.54, 1.807) is 12.1 Å². The third-order valence-corrected chi connectivity index (χ3v) is 5.00. The lowest BCUT2D eigenvalue weighted by Gasteiger charge is -2.09. The van der Waals surface area contributed by atoms with Gasteiger partial charge in [-0.3, -0.25) is 0 Å². The summed E-state index contributed by atoms with van der Waals surface area (Å²) < 4.78 is 32.4. The summed E-state index contributed by atoms with van der Waals surface area (Å²) in [5.41, 5.74) is 0.0560.